The molecule has 0 amide bonds. The van der Waals surface area contributed by atoms with Crippen LogP contribution in [0.5, 0.6) is 0 Å². The van der Waals surface area contributed by atoms with Crippen molar-refractivity contribution in [3.63, 3.8) is 0 Å². The van der Waals surface area contributed by atoms with Crippen molar-refractivity contribution in [1.82, 2.24) is 0 Å². The average molecular weight is 153 g/mol. The summed E-state index contributed by atoms with van der Waals surface area (Å²) >= 11 is 0. The van der Waals surface area contributed by atoms with Crippen LogP contribution < -0.4 is 0 Å². The van der Waals surface area contributed by atoms with E-state index in [0.717, 1.165) is 6.42 Å². The minimum absolute atomic E-state index is 0.506. The maximum Gasteiger partial charge on any atom is 0.193 e. The lowest BCUT2D eigenvalue weighted by molar-refractivity contribution is -0.563. The molecule has 2 heteroatoms. The van der Waals surface area contributed by atoms with Gasteiger partial charge in [-0.1, -0.05) is 18.5 Å². The van der Waals surface area contributed by atoms with Gasteiger partial charge in [-0.15, -0.1) is 0 Å². The van der Waals surface area contributed by atoms with E-state index in [1.54, 1.807) is 0 Å². The van der Waals surface area contributed by atoms with Gasteiger partial charge in [-0.05, 0) is 18.9 Å². The summed E-state index contributed by atoms with van der Waals surface area (Å²) in [7, 11) is 0. The molecule has 0 atom stereocenters. The molecule has 1 aliphatic heterocycles. The smallest absolute Gasteiger partial charge is 0.0901 e. The van der Waals surface area contributed by atoms with Gasteiger partial charge in [-0.3, -0.25) is 0 Å². The fourth-order valence-electron chi connectivity index (χ4n) is 1.36. The lowest BCUT2D eigenvalue weighted by atomic mass is 10.1. The van der Waals surface area contributed by atoms with Gasteiger partial charge in [0.15, 0.2) is 11.8 Å². The van der Waals surface area contributed by atoms with E-state index in [2.05, 4.69) is 37.5 Å². The highest BCUT2D eigenvalue weighted by atomic mass is 15.4. The quantitative estimate of drug-likeness (QED) is 0.538. The van der Waals surface area contributed by atoms with Crippen LogP contribution in [0.25, 0.3) is 0 Å². The second kappa shape index (κ2) is 3.16. The second-order valence-corrected chi connectivity index (χ2v) is 3.59. The van der Waals surface area contributed by atoms with Crippen molar-refractivity contribution in [2.24, 2.45) is 11.0 Å². The normalized spacial score (nSPS) is 17.6. The molecule has 2 nitrogen and oxygen atoms in total. The summed E-state index contributed by atoms with van der Waals surface area (Å²) < 4.78 is 2.13. The monoisotopic (exact) mass is 153 g/mol. The van der Waals surface area contributed by atoms with Gasteiger partial charge in [0.25, 0.3) is 0 Å². The van der Waals surface area contributed by atoms with Gasteiger partial charge in [0.2, 0.25) is 0 Å². The van der Waals surface area contributed by atoms with Gasteiger partial charge in [0.05, 0.1) is 12.6 Å². The molecule has 0 saturated carbocycles. The molecule has 0 aromatic rings. The third-order valence-corrected chi connectivity index (χ3v) is 1.96. The zero-order valence-corrected chi connectivity index (χ0v) is 7.83. The lowest BCUT2D eigenvalue weighted by Gasteiger charge is -2.03. The Kier molecular flexibility index (Phi) is 2.42. The Bertz CT molecular complexity index is 200. The predicted octanol–water partition coefficient (Wildman–Crippen LogP) is 1.89. The van der Waals surface area contributed by atoms with Crippen molar-refractivity contribution in [1.29, 1.82) is 0 Å². The third-order valence-electron chi connectivity index (χ3n) is 1.96. The van der Waals surface area contributed by atoms with E-state index in [4.69, 9.17) is 0 Å². The number of hydrogen-bond donors (Lipinski definition) is 0. The fourth-order valence-corrected chi connectivity index (χ4v) is 1.36. The molecule has 0 aliphatic carbocycles. The highest BCUT2D eigenvalue weighted by Gasteiger charge is 2.24. The summed E-state index contributed by atoms with van der Waals surface area (Å²) in [4.78, 5) is 0. The molecule has 0 spiro atoms. The van der Waals surface area contributed by atoms with E-state index in [9.17, 15) is 0 Å². The molecule has 11 heavy (non-hydrogen) atoms. The molecule has 0 aromatic carbocycles. The molecule has 0 bridgehead atoms. The number of nitrogens with zero attached hydrogens (tertiary/aromatic N) is 2. The van der Waals surface area contributed by atoms with Crippen molar-refractivity contribution in [2.75, 3.05) is 0 Å². The Morgan fingerprint density at radius 1 is 1.36 bits per heavy atom. The maximum absolute atomic E-state index is 4.31. The Balaban J connectivity index is 2.84. The van der Waals surface area contributed by atoms with Gasteiger partial charge < -0.3 is 0 Å². The topological polar surface area (TPSA) is 15.4 Å². The van der Waals surface area contributed by atoms with E-state index in [1.165, 1.54) is 5.71 Å². The summed E-state index contributed by atoms with van der Waals surface area (Å²) in [5.41, 5.74) is 1.44. The van der Waals surface area contributed by atoms with Gasteiger partial charge in [-0.25, -0.2) is 0 Å². The summed E-state index contributed by atoms with van der Waals surface area (Å²) in [5, 5.41) is 4.31. The van der Waals surface area contributed by atoms with Crippen molar-refractivity contribution >= 4 is 11.9 Å². The Morgan fingerprint density at radius 2 is 2.00 bits per heavy atom. The first kappa shape index (κ1) is 8.44. The molecule has 0 aromatic heterocycles. The SMILES string of the molecule is CC(C)C1=[N+](C(C)C)N=CC1. The highest BCUT2D eigenvalue weighted by molar-refractivity contribution is 5.95. The standard InChI is InChI=1S/C9H17N2/c1-7(2)9-5-6-10-11(9)8(3)4/h6-8H,5H2,1-4H3/q+1. The third kappa shape index (κ3) is 1.67. The van der Waals surface area contributed by atoms with E-state index in [0.29, 0.717) is 12.0 Å². The van der Waals surface area contributed by atoms with Crippen LogP contribution in [0.2, 0.25) is 0 Å². The first-order valence-electron chi connectivity index (χ1n) is 4.30. The van der Waals surface area contributed by atoms with E-state index >= 15 is 0 Å². The predicted molar refractivity (Wildman–Crippen MR) is 48.4 cm³/mol. The van der Waals surface area contributed by atoms with Crippen LogP contribution in [0, 0.1) is 5.92 Å². The van der Waals surface area contributed by atoms with Crippen molar-refractivity contribution in [3.05, 3.63) is 0 Å². The van der Waals surface area contributed by atoms with Crippen LogP contribution in [0.3, 0.4) is 0 Å². The van der Waals surface area contributed by atoms with E-state index < -0.39 is 0 Å². The molecule has 0 fully saturated rings. The Hall–Kier alpha value is -0.660. The van der Waals surface area contributed by atoms with Crippen LogP contribution in [0.15, 0.2) is 5.10 Å². The summed E-state index contributed by atoms with van der Waals surface area (Å²) in [5.74, 6) is 0.625. The molecular weight excluding hydrogens is 136 g/mol. The van der Waals surface area contributed by atoms with Crippen LogP contribution in [-0.2, 0) is 0 Å². The summed E-state index contributed by atoms with van der Waals surface area (Å²) in [6, 6.07) is 0.506. The molecule has 0 radical (unpaired) electrons. The summed E-state index contributed by atoms with van der Waals surface area (Å²) in [6.07, 6.45) is 3.03. The minimum Gasteiger partial charge on any atom is -0.0901 e. The molecule has 1 rings (SSSR count). The lowest BCUT2D eigenvalue weighted by Crippen LogP contribution is -2.23. The second-order valence-electron chi connectivity index (χ2n) is 3.59. The van der Waals surface area contributed by atoms with Gasteiger partial charge >= 0.3 is 0 Å². The zero-order valence-electron chi connectivity index (χ0n) is 7.83. The first-order chi connectivity index (χ1) is 5.13. The van der Waals surface area contributed by atoms with Crippen LogP contribution in [0.4, 0.5) is 0 Å². The maximum atomic E-state index is 4.31. The zero-order chi connectivity index (χ0) is 8.43. The highest BCUT2D eigenvalue weighted by Crippen LogP contribution is 2.08. The van der Waals surface area contributed by atoms with Gasteiger partial charge in [0, 0.05) is 5.92 Å². The number of hydrazone groups is 1. The molecule has 1 heterocycles. The van der Waals surface area contributed by atoms with Crippen molar-refractivity contribution < 1.29 is 4.68 Å². The van der Waals surface area contributed by atoms with Crippen molar-refractivity contribution in [2.45, 2.75) is 40.2 Å². The average Bonchev–Trinajstić information content (AvgIpc) is 2.32. The van der Waals surface area contributed by atoms with Crippen LogP contribution in [-0.4, -0.2) is 22.7 Å². The molecule has 1 aliphatic rings. The Labute approximate surface area is 68.6 Å². The molecule has 0 N–H and O–H groups in total. The van der Waals surface area contributed by atoms with Crippen LogP contribution >= 0.6 is 0 Å². The van der Waals surface area contributed by atoms with Crippen LogP contribution in [0.1, 0.15) is 34.1 Å². The number of hydrogen-bond acceptors (Lipinski definition) is 1. The van der Waals surface area contributed by atoms with Gasteiger partial charge in [-0.2, -0.15) is 0 Å². The van der Waals surface area contributed by atoms with Crippen molar-refractivity contribution in [3.8, 4) is 0 Å². The number of rotatable bonds is 2. The van der Waals surface area contributed by atoms with E-state index in [1.807, 2.05) is 6.21 Å². The molecule has 62 valence electrons. The molecular formula is C9H17N2+. The molecule has 0 saturated heterocycles. The minimum atomic E-state index is 0.506. The molecule has 0 unspecified atom stereocenters. The Morgan fingerprint density at radius 3 is 2.36 bits per heavy atom. The fraction of sp³-hybridized carbons (Fsp3) is 0.778. The van der Waals surface area contributed by atoms with E-state index in [-0.39, 0.29) is 0 Å². The van der Waals surface area contributed by atoms with Gasteiger partial charge in [0.1, 0.15) is 0 Å². The largest absolute Gasteiger partial charge is 0.193 e. The first-order valence-corrected chi connectivity index (χ1v) is 4.30. The summed E-state index contributed by atoms with van der Waals surface area (Å²) in [6.45, 7) is 8.79.